The van der Waals surface area contributed by atoms with Crippen molar-refractivity contribution in [3.8, 4) is 10.6 Å². The van der Waals surface area contributed by atoms with Crippen LogP contribution in [0.25, 0.3) is 10.6 Å². The largest absolute Gasteiger partial charge is 0.338 e. The van der Waals surface area contributed by atoms with Gasteiger partial charge in [0.05, 0.1) is 17.0 Å². The van der Waals surface area contributed by atoms with Gasteiger partial charge in [-0.25, -0.2) is 4.98 Å². The number of amides is 1. The first kappa shape index (κ1) is 20.6. The minimum absolute atomic E-state index is 0. The molecule has 0 aliphatic carbocycles. The van der Waals surface area contributed by atoms with Crippen LogP contribution < -0.4 is 0 Å². The van der Waals surface area contributed by atoms with Crippen molar-refractivity contribution in [2.75, 3.05) is 26.7 Å². The highest BCUT2D eigenvalue weighted by molar-refractivity contribution is 7.15. The van der Waals surface area contributed by atoms with Crippen LogP contribution in [0.15, 0.2) is 30.5 Å². The molecule has 0 radical (unpaired) electrons. The molecule has 2 aliphatic heterocycles. The summed E-state index contributed by atoms with van der Waals surface area (Å²) in [5.41, 5.74) is 0.960. The van der Waals surface area contributed by atoms with Crippen LogP contribution in [-0.2, 0) is 4.79 Å². The zero-order valence-electron chi connectivity index (χ0n) is 15.4. The molecule has 7 heteroatoms. The molecule has 2 aromatic rings. The summed E-state index contributed by atoms with van der Waals surface area (Å²) >= 11 is 7.96. The number of hydrogen-bond acceptors (Lipinski definition) is 4. The summed E-state index contributed by atoms with van der Waals surface area (Å²) in [7, 11) is 1.93. The van der Waals surface area contributed by atoms with Gasteiger partial charge in [-0.05, 0) is 38.4 Å². The number of rotatable bonds is 4. The first-order chi connectivity index (χ1) is 12.6. The number of benzene rings is 1. The van der Waals surface area contributed by atoms with E-state index in [9.17, 15) is 4.79 Å². The van der Waals surface area contributed by atoms with Gasteiger partial charge in [0.15, 0.2) is 0 Å². The van der Waals surface area contributed by atoms with Gasteiger partial charge < -0.3 is 9.80 Å². The van der Waals surface area contributed by atoms with Crippen LogP contribution in [-0.4, -0.2) is 47.4 Å². The Morgan fingerprint density at radius 1 is 1.22 bits per heavy atom. The highest BCUT2D eigenvalue weighted by Gasteiger charge is 2.39. The molecule has 2 unspecified atom stereocenters. The molecule has 0 N–H and O–H groups in total. The second-order valence-electron chi connectivity index (χ2n) is 7.31. The number of piperidine rings is 1. The summed E-state index contributed by atoms with van der Waals surface area (Å²) in [5.74, 6) is 0.377. The molecule has 4 rings (SSSR count). The fourth-order valence-corrected chi connectivity index (χ4v) is 5.48. The second kappa shape index (κ2) is 8.91. The molecule has 1 aromatic carbocycles. The zero-order chi connectivity index (χ0) is 18.1. The lowest BCUT2D eigenvalue weighted by molar-refractivity contribution is -0.131. The maximum Gasteiger partial charge on any atom is 0.227 e. The van der Waals surface area contributed by atoms with Gasteiger partial charge in [0.1, 0.15) is 5.01 Å². The molecule has 1 aromatic heterocycles. The molecule has 146 valence electrons. The zero-order valence-corrected chi connectivity index (χ0v) is 17.8. The highest BCUT2D eigenvalue weighted by atomic mass is 35.5. The van der Waals surface area contributed by atoms with Gasteiger partial charge in [-0.15, -0.1) is 23.7 Å². The van der Waals surface area contributed by atoms with Gasteiger partial charge >= 0.3 is 0 Å². The number of carbonyl (C=O) groups is 1. The average Bonchev–Trinajstić information content (AvgIpc) is 3.24. The number of carbonyl (C=O) groups excluding carboxylic acids is 1. The lowest BCUT2D eigenvalue weighted by Gasteiger charge is -2.28. The van der Waals surface area contributed by atoms with Crippen LogP contribution in [0.3, 0.4) is 0 Å². The normalized spacial score (nSPS) is 23.5. The van der Waals surface area contributed by atoms with Crippen molar-refractivity contribution >= 4 is 41.3 Å². The van der Waals surface area contributed by atoms with Crippen molar-refractivity contribution in [3.63, 3.8) is 0 Å². The third-order valence-electron chi connectivity index (χ3n) is 5.56. The summed E-state index contributed by atoms with van der Waals surface area (Å²) in [4.78, 5) is 22.9. The van der Waals surface area contributed by atoms with Gasteiger partial charge in [-0.1, -0.05) is 36.2 Å². The molecule has 2 atom stereocenters. The summed E-state index contributed by atoms with van der Waals surface area (Å²) in [6, 6.07) is 7.91. The van der Waals surface area contributed by atoms with Crippen molar-refractivity contribution in [2.45, 2.75) is 31.7 Å². The molecule has 0 spiro atoms. The minimum atomic E-state index is 0. The Morgan fingerprint density at radius 2 is 1.96 bits per heavy atom. The Morgan fingerprint density at radius 3 is 2.70 bits per heavy atom. The van der Waals surface area contributed by atoms with Gasteiger partial charge in [0, 0.05) is 30.2 Å². The molecule has 3 heterocycles. The average molecular weight is 426 g/mol. The van der Waals surface area contributed by atoms with E-state index in [0.717, 1.165) is 41.5 Å². The lowest BCUT2D eigenvalue weighted by Crippen LogP contribution is -2.36. The summed E-state index contributed by atoms with van der Waals surface area (Å²) in [5, 5.41) is 1.64. The van der Waals surface area contributed by atoms with Crippen LogP contribution >= 0.6 is 35.3 Å². The second-order valence-corrected chi connectivity index (χ2v) is 8.78. The first-order valence-electron chi connectivity index (χ1n) is 9.33. The Hall–Kier alpha value is -1.14. The van der Waals surface area contributed by atoms with Crippen molar-refractivity contribution < 1.29 is 4.79 Å². The van der Waals surface area contributed by atoms with Crippen LogP contribution in [0.1, 0.15) is 36.6 Å². The van der Waals surface area contributed by atoms with Crippen LogP contribution in [0.2, 0.25) is 5.02 Å². The summed E-state index contributed by atoms with van der Waals surface area (Å²) in [6.07, 6.45) is 6.65. The van der Waals surface area contributed by atoms with Gasteiger partial charge in [-0.2, -0.15) is 0 Å². The summed E-state index contributed by atoms with van der Waals surface area (Å²) < 4.78 is 0. The number of thiazole rings is 1. The maximum absolute atomic E-state index is 12.8. The number of halogens is 2. The molecule has 0 saturated carbocycles. The summed E-state index contributed by atoms with van der Waals surface area (Å²) in [6.45, 7) is 3.17. The van der Waals surface area contributed by atoms with E-state index in [-0.39, 0.29) is 30.3 Å². The SMILES string of the molecule is CN1C(=O)C(CN2CCCCC2)CC1c1cnc(-c2ccccc2Cl)s1.Cl. The van der Waals surface area contributed by atoms with Gasteiger partial charge in [0.25, 0.3) is 0 Å². The molecule has 1 amide bonds. The molecular weight excluding hydrogens is 401 g/mol. The van der Waals surface area contributed by atoms with Crippen molar-refractivity contribution in [2.24, 2.45) is 5.92 Å². The van der Waals surface area contributed by atoms with Gasteiger partial charge in [0.2, 0.25) is 5.91 Å². The smallest absolute Gasteiger partial charge is 0.227 e. The van der Waals surface area contributed by atoms with E-state index in [2.05, 4.69) is 9.88 Å². The topological polar surface area (TPSA) is 36.4 Å². The molecule has 4 nitrogen and oxygen atoms in total. The van der Waals surface area contributed by atoms with Crippen molar-refractivity contribution in [1.82, 2.24) is 14.8 Å². The Kier molecular flexibility index (Phi) is 6.79. The predicted molar refractivity (Wildman–Crippen MR) is 114 cm³/mol. The van der Waals surface area contributed by atoms with E-state index < -0.39 is 0 Å². The van der Waals surface area contributed by atoms with Crippen LogP contribution in [0, 0.1) is 5.92 Å². The Bertz CT molecular complexity index is 791. The van der Waals surface area contributed by atoms with E-state index in [1.165, 1.54) is 19.3 Å². The van der Waals surface area contributed by atoms with E-state index in [1.807, 2.05) is 42.4 Å². The fraction of sp³-hybridized carbons (Fsp3) is 0.500. The minimum Gasteiger partial charge on any atom is -0.338 e. The van der Waals surface area contributed by atoms with Crippen LogP contribution in [0.5, 0.6) is 0 Å². The van der Waals surface area contributed by atoms with E-state index in [0.29, 0.717) is 5.02 Å². The number of likely N-dealkylation sites (tertiary alicyclic amines) is 2. The molecule has 0 bridgehead atoms. The first-order valence-corrected chi connectivity index (χ1v) is 10.5. The van der Waals surface area contributed by atoms with Crippen molar-refractivity contribution in [3.05, 3.63) is 40.4 Å². The monoisotopic (exact) mass is 425 g/mol. The van der Waals surface area contributed by atoms with E-state index >= 15 is 0 Å². The number of aromatic nitrogens is 1. The van der Waals surface area contributed by atoms with E-state index in [4.69, 9.17) is 11.6 Å². The number of nitrogens with zero attached hydrogens (tertiary/aromatic N) is 3. The molecule has 27 heavy (non-hydrogen) atoms. The molecule has 2 saturated heterocycles. The highest BCUT2D eigenvalue weighted by Crippen LogP contribution is 2.41. The van der Waals surface area contributed by atoms with Crippen molar-refractivity contribution in [1.29, 1.82) is 0 Å². The maximum atomic E-state index is 12.8. The molecule has 2 fully saturated rings. The Labute approximate surface area is 175 Å². The third-order valence-corrected chi connectivity index (χ3v) is 7.02. The molecular formula is C20H25Cl2N3OS. The van der Waals surface area contributed by atoms with E-state index in [1.54, 1.807) is 11.3 Å². The van der Waals surface area contributed by atoms with Gasteiger partial charge in [-0.3, -0.25) is 4.79 Å². The fourth-order valence-electron chi connectivity index (χ4n) is 4.08. The van der Waals surface area contributed by atoms with Crippen LogP contribution in [0.4, 0.5) is 0 Å². The standard InChI is InChI=1S/C20H24ClN3OS.ClH/c1-23-17(11-14(20(23)25)13-24-9-5-2-6-10-24)18-12-22-19(26-18)15-7-3-4-8-16(15)21;/h3-4,7-8,12,14,17H,2,5-6,9-11,13H2,1H3;1H. The predicted octanol–water partition coefficient (Wildman–Crippen LogP) is 4.89. The lowest BCUT2D eigenvalue weighted by atomic mass is 10.0. The quantitative estimate of drug-likeness (QED) is 0.699. The molecule has 2 aliphatic rings. The Balaban J connectivity index is 0.00000210. The number of hydrogen-bond donors (Lipinski definition) is 0. The third kappa shape index (κ3) is 4.32.